The van der Waals surface area contributed by atoms with E-state index in [9.17, 15) is 0 Å². The summed E-state index contributed by atoms with van der Waals surface area (Å²) < 4.78 is 1.10. The lowest BCUT2D eigenvalue weighted by molar-refractivity contribution is -0.898. The molecule has 0 radical (unpaired) electrons. The Kier molecular flexibility index (Phi) is 3.13. The number of nitrogens with one attached hydrogen (secondary N) is 1. The summed E-state index contributed by atoms with van der Waals surface area (Å²) in [5.41, 5.74) is 0. The second-order valence-corrected chi connectivity index (χ2v) is 4.86. The van der Waals surface area contributed by atoms with E-state index < -0.39 is 0 Å². The van der Waals surface area contributed by atoms with Gasteiger partial charge in [0.1, 0.15) is 6.04 Å². The summed E-state index contributed by atoms with van der Waals surface area (Å²) in [6, 6.07) is 1.54. The van der Waals surface area contributed by atoms with Crippen molar-refractivity contribution >= 4 is 0 Å². The molecule has 1 rings (SSSR count). The first kappa shape index (κ1) is 10.0. The van der Waals surface area contributed by atoms with Crippen LogP contribution in [-0.2, 0) is 0 Å². The molecule has 1 N–H and O–H groups in total. The smallest absolute Gasteiger partial charge is 0.104 e. The first-order valence-electron chi connectivity index (χ1n) is 5.04. The zero-order valence-corrected chi connectivity index (χ0v) is 8.93. The van der Waals surface area contributed by atoms with E-state index >= 15 is 0 Å². The third-order valence-corrected chi connectivity index (χ3v) is 3.10. The molecule has 0 saturated heterocycles. The molecule has 72 valence electrons. The molecule has 1 saturated carbocycles. The molecule has 0 heterocycles. The van der Waals surface area contributed by atoms with Crippen LogP contribution in [-0.4, -0.2) is 44.8 Å². The molecular formula is C10H23N2+. The standard InChI is InChI=1S/C10H23N2/c1-11-9-7-5-6-8-10(9)12(2,3)4/h9-11H,5-8H2,1-4H3/q+1/t9-,10-/m0/s1. The monoisotopic (exact) mass is 171 g/mol. The highest BCUT2D eigenvalue weighted by molar-refractivity contribution is 4.80. The lowest BCUT2D eigenvalue weighted by atomic mass is 9.88. The lowest BCUT2D eigenvalue weighted by Gasteiger charge is -2.41. The van der Waals surface area contributed by atoms with E-state index in [2.05, 4.69) is 33.5 Å². The highest BCUT2D eigenvalue weighted by Gasteiger charge is 2.33. The maximum absolute atomic E-state index is 3.44. The van der Waals surface area contributed by atoms with Gasteiger partial charge in [0.15, 0.2) is 0 Å². The fraction of sp³-hybridized carbons (Fsp3) is 1.00. The van der Waals surface area contributed by atoms with Crippen LogP contribution < -0.4 is 5.32 Å². The van der Waals surface area contributed by atoms with Crippen molar-refractivity contribution in [1.29, 1.82) is 0 Å². The number of likely N-dealkylation sites (N-methyl/N-ethyl adjacent to an activating group) is 2. The summed E-state index contributed by atoms with van der Waals surface area (Å²) in [6.45, 7) is 0. The van der Waals surface area contributed by atoms with Crippen molar-refractivity contribution in [1.82, 2.24) is 5.32 Å². The van der Waals surface area contributed by atoms with Crippen LogP contribution in [0, 0.1) is 0 Å². The highest BCUT2D eigenvalue weighted by Crippen LogP contribution is 2.24. The molecule has 1 aliphatic carbocycles. The summed E-state index contributed by atoms with van der Waals surface area (Å²) >= 11 is 0. The second-order valence-electron chi connectivity index (χ2n) is 4.86. The molecule has 1 fully saturated rings. The summed E-state index contributed by atoms with van der Waals surface area (Å²) in [7, 11) is 9.01. The van der Waals surface area contributed by atoms with E-state index in [0.717, 1.165) is 16.6 Å². The minimum Gasteiger partial charge on any atom is -0.327 e. The number of nitrogens with zero attached hydrogens (tertiary/aromatic N) is 1. The van der Waals surface area contributed by atoms with Crippen molar-refractivity contribution in [3.8, 4) is 0 Å². The van der Waals surface area contributed by atoms with Crippen molar-refractivity contribution in [2.45, 2.75) is 37.8 Å². The van der Waals surface area contributed by atoms with Gasteiger partial charge in [-0.25, -0.2) is 0 Å². The van der Waals surface area contributed by atoms with Crippen molar-refractivity contribution in [2.24, 2.45) is 0 Å². The van der Waals surface area contributed by atoms with Crippen LogP contribution >= 0.6 is 0 Å². The van der Waals surface area contributed by atoms with Crippen LogP contribution in [0.4, 0.5) is 0 Å². The van der Waals surface area contributed by atoms with E-state index in [1.807, 2.05) is 0 Å². The molecule has 0 aromatic heterocycles. The first-order valence-corrected chi connectivity index (χ1v) is 5.04. The fourth-order valence-electron chi connectivity index (χ4n) is 2.38. The number of quaternary nitrogens is 1. The SMILES string of the molecule is CN[C@H]1CCCC[C@@H]1[N+](C)(C)C. The van der Waals surface area contributed by atoms with Gasteiger partial charge >= 0.3 is 0 Å². The predicted octanol–water partition coefficient (Wildman–Crippen LogP) is 1.22. The van der Waals surface area contributed by atoms with Gasteiger partial charge in [0, 0.05) is 6.42 Å². The largest absolute Gasteiger partial charge is 0.327 e. The molecule has 0 aromatic carbocycles. The van der Waals surface area contributed by atoms with Gasteiger partial charge < -0.3 is 9.80 Å². The maximum Gasteiger partial charge on any atom is 0.104 e. The Balaban J connectivity index is 2.59. The summed E-state index contributed by atoms with van der Waals surface area (Å²) in [5.74, 6) is 0. The van der Waals surface area contributed by atoms with Gasteiger partial charge in [-0.3, -0.25) is 0 Å². The van der Waals surface area contributed by atoms with E-state index in [1.165, 1.54) is 25.7 Å². The van der Waals surface area contributed by atoms with Gasteiger partial charge in [-0.2, -0.15) is 0 Å². The number of rotatable bonds is 2. The Morgan fingerprint density at radius 2 is 1.67 bits per heavy atom. The maximum atomic E-state index is 3.44. The number of hydrogen-bond acceptors (Lipinski definition) is 1. The lowest BCUT2D eigenvalue weighted by Crippen LogP contribution is -2.56. The molecule has 2 heteroatoms. The molecule has 0 spiro atoms. The first-order chi connectivity index (χ1) is 5.55. The Morgan fingerprint density at radius 3 is 2.08 bits per heavy atom. The van der Waals surface area contributed by atoms with Crippen LogP contribution in [0.1, 0.15) is 25.7 Å². The van der Waals surface area contributed by atoms with Gasteiger partial charge in [0.05, 0.1) is 27.2 Å². The summed E-state index contributed by atoms with van der Waals surface area (Å²) in [6.07, 6.45) is 5.56. The van der Waals surface area contributed by atoms with Crippen molar-refractivity contribution in [3.63, 3.8) is 0 Å². The summed E-state index contributed by atoms with van der Waals surface area (Å²) in [5, 5.41) is 3.44. The average molecular weight is 171 g/mol. The minimum atomic E-state index is 0.735. The molecule has 0 bridgehead atoms. The van der Waals surface area contributed by atoms with Gasteiger partial charge in [0.25, 0.3) is 0 Å². The normalized spacial score (nSPS) is 32.0. The van der Waals surface area contributed by atoms with Gasteiger partial charge in [0.2, 0.25) is 0 Å². The van der Waals surface area contributed by atoms with E-state index in [1.54, 1.807) is 0 Å². The zero-order valence-electron chi connectivity index (χ0n) is 8.93. The van der Waals surface area contributed by atoms with Crippen LogP contribution in [0.2, 0.25) is 0 Å². The zero-order chi connectivity index (χ0) is 9.19. The van der Waals surface area contributed by atoms with Crippen LogP contribution in [0.25, 0.3) is 0 Å². The fourth-order valence-corrected chi connectivity index (χ4v) is 2.38. The van der Waals surface area contributed by atoms with Crippen molar-refractivity contribution < 1.29 is 4.48 Å². The van der Waals surface area contributed by atoms with Crippen molar-refractivity contribution in [3.05, 3.63) is 0 Å². The average Bonchev–Trinajstić information content (AvgIpc) is 2.03. The van der Waals surface area contributed by atoms with E-state index in [4.69, 9.17) is 0 Å². The topological polar surface area (TPSA) is 12.0 Å². The Bertz CT molecular complexity index is 137. The van der Waals surface area contributed by atoms with Crippen LogP contribution in [0.5, 0.6) is 0 Å². The third-order valence-electron chi connectivity index (χ3n) is 3.10. The molecule has 0 aromatic rings. The quantitative estimate of drug-likeness (QED) is 0.616. The molecule has 2 atom stereocenters. The molecular weight excluding hydrogens is 148 g/mol. The molecule has 0 unspecified atom stereocenters. The van der Waals surface area contributed by atoms with E-state index in [-0.39, 0.29) is 0 Å². The van der Waals surface area contributed by atoms with Gasteiger partial charge in [-0.1, -0.05) is 6.42 Å². The molecule has 1 aliphatic rings. The Labute approximate surface area is 76.5 Å². The predicted molar refractivity (Wildman–Crippen MR) is 53.1 cm³/mol. The van der Waals surface area contributed by atoms with Gasteiger partial charge in [-0.15, -0.1) is 0 Å². The number of hydrogen-bond donors (Lipinski definition) is 1. The summed E-state index contributed by atoms with van der Waals surface area (Å²) in [4.78, 5) is 0. The molecule has 0 aliphatic heterocycles. The second kappa shape index (κ2) is 3.75. The highest BCUT2D eigenvalue weighted by atomic mass is 15.3. The molecule has 12 heavy (non-hydrogen) atoms. The van der Waals surface area contributed by atoms with E-state index in [0.29, 0.717) is 0 Å². The van der Waals surface area contributed by atoms with Crippen molar-refractivity contribution in [2.75, 3.05) is 28.2 Å². The Morgan fingerprint density at radius 1 is 1.08 bits per heavy atom. The van der Waals surface area contributed by atoms with Gasteiger partial charge in [-0.05, 0) is 19.9 Å². The Hall–Kier alpha value is -0.0800. The third kappa shape index (κ3) is 2.20. The molecule has 2 nitrogen and oxygen atoms in total. The van der Waals surface area contributed by atoms with Crippen LogP contribution in [0.15, 0.2) is 0 Å². The molecule has 0 amide bonds. The van der Waals surface area contributed by atoms with Crippen LogP contribution in [0.3, 0.4) is 0 Å². The minimum absolute atomic E-state index is 0.735.